The summed E-state index contributed by atoms with van der Waals surface area (Å²) < 4.78 is 38.7. The maximum absolute atomic E-state index is 12.9. The minimum Gasteiger partial charge on any atom is -0.326 e. The molecule has 1 aromatic rings. The van der Waals surface area contributed by atoms with Crippen LogP contribution in [0.4, 0.5) is 13.2 Å². The molecule has 0 bridgehead atoms. The van der Waals surface area contributed by atoms with Gasteiger partial charge in [0.2, 0.25) is 0 Å². The van der Waals surface area contributed by atoms with Gasteiger partial charge in [-0.3, -0.25) is 9.88 Å². The van der Waals surface area contributed by atoms with Crippen LogP contribution in [0.15, 0.2) is 24.4 Å². The van der Waals surface area contributed by atoms with E-state index in [-0.39, 0.29) is 25.0 Å². The summed E-state index contributed by atoms with van der Waals surface area (Å²) in [7, 11) is 0. The van der Waals surface area contributed by atoms with Crippen LogP contribution < -0.4 is 5.73 Å². The molecule has 0 aromatic carbocycles. The first kappa shape index (κ1) is 15.3. The molecule has 1 fully saturated rings. The van der Waals surface area contributed by atoms with E-state index in [4.69, 9.17) is 5.73 Å². The van der Waals surface area contributed by atoms with Crippen LogP contribution >= 0.6 is 0 Å². The lowest BCUT2D eigenvalue weighted by Gasteiger charge is -2.40. The van der Waals surface area contributed by atoms with Gasteiger partial charge in [0.15, 0.2) is 0 Å². The Labute approximate surface area is 117 Å². The van der Waals surface area contributed by atoms with Crippen LogP contribution in [-0.4, -0.2) is 35.2 Å². The summed E-state index contributed by atoms with van der Waals surface area (Å²) in [5, 5.41) is 0. The zero-order chi connectivity index (χ0) is 14.8. The van der Waals surface area contributed by atoms with Gasteiger partial charge in [0, 0.05) is 18.8 Å². The van der Waals surface area contributed by atoms with Crippen molar-refractivity contribution in [3.8, 4) is 0 Å². The van der Waals surface area contributed by atoms with Gasteiger partial charge in [-0.1, -0.05) is 6.07 Å². The third-order valence-corrected chi connectivity index (χ3v) is 3.80. The lowest BCUT2D eigenvalue weighted by molar-refractivity contribution is -0.189. The number of likely N-dealkylation sites (tertiary alicyclic amines) is 1. The van der Waals surface area contributed by atoms with Gasteiger partial charge in [0.25, 0.3) is 0 Å². The second kappa shape index (κ2) is 6.10. The molecule has 3 atom stereocenters. The van der Waals surface area contributed by atoms with Gasteiger partial charge in [0.1, 0.15) is 0 Å². The molecule has 1 aliphatic rings. The highest BCUT2D eigenvalue weighted by Gasteiger charge is 2.43. The molecule has 112 valence electrons. The minimum atomic E-state index is -4.13. The fraction of sp³-hybridized carbons (Fsp3) is 0.643. The SMILES string of the molecule is CC(N)C(c1ccccn1)N1CCCC(C(F)(F)F)C1. The van der Waals surface area contributed by atoms with E-state index in [0.717, 1.165) is 5.69 Å². The predicted molar refractivity (Wildman–Crippen MR) is 71.0 cm³/mol. The molecule has 0 aliphatic carbocycles. The summed E-state index contributed by atoms with van der Waals surface area (Å²) in [4.78, 5) is 6.09. The molecule has 1 saturated heterocycles. The molecule has 0 saturated carbocycles. The molecular weight excluding hydrogens is 267 g/mol. The van der Waals surface area contributed by atoms with E-state index in [9.17, 15) is 13.2 Å². The topological polar surface area (TPSA) is 42.1 Å². The van der Waals surface area contributed by atoms with Gasteiger partial charge in [0.05, 0.1) is 17.7 Å². The van der Waals surface area contributed by atoms with Gasteiger partial charge in [-0.25, -0.2) is 0 Å². The van der Waals surface area contributed by atoms with Crippen LogP contribution in [0.1, 0.15) is 31.5 Å². The van der Waals surface area contributed by atoms with Crippen LogP contribution in [0, 0.1) is 5.92 Å². The average Bonchev–Trinajstić information content (AvgIpc) is 2.39. The molecule has 20 heavy (non-hydrogen) atoms. The molecular formula is C14H20F3N3. The Balaban J connectivity index is 2.18. The Morgan fingerprint density at radius 1 is 1.40 bits per heavy atom. The van der Waals surface area contributed by atoms with Crippen LogP contribution in [-0.2, 0) is 0 Å². The first-order chi connectivity index (χ1) is 9.39. The van der Waals surface area contributed by atoms with Crippen molar-refractivity contribution in [1.29, 1.82) is 0 Å². The van der Waals surface area contributed by atoms with Crippen molar-refractivity contribution in [2.75, 3.05) is 13.1 Å². The Kier molecular flexibility index (Phi) is 4.65. The van der Waals surface area contributed by atoms with Crippen molar-refractivity contribution in [3.63, 3.8) is 0 Å². The number of alkyl halides is 3. The van der Waals surface area contributed by atoms with E-state index in [0.29, 0.717) is 13.0 Å². The molecule has 1 aliphatic heterocycles. The minimum absolute atomic E-state index is 0.00623. The largest absolute Gasteiger partial charge is 0.393 e. The van der Waals surface area contributed by atoms with Crippen molar-refractivity contribution in [3.05, 3.63) is 30.1 Å². The number of piperidine rings is 1. The molecule has 1 aromatic heterocycles. The van der Waals surface area contributed by atoms with Crippen LogP contribution in [0.3, 0.4) is 0 Å². The zero-order valence-corrected chi connectivity index (χ0v) is 11.5. The van der Waals surface area contributed by atoms with Crippen molar-refractivity contribution >= 4 is 0 Å². The summed E-state index contributed by atoms with van der Waals surface area (Å²) in [6.07, 6.45) is -1.74. The lowest BCUT2D eigenvalue weighted by atomic mass is 9.93. The molecule has 0 spiro atoms. The number of nitrogens with two attached hydrogens (primary N) is 1. The average molecular weight is 287 g/mol. The molecule has 2 N–H and O–H groups in total. The van der Waals surface area contributed by atoms with E-state index in [1.54, 1.807) is 12.3 Å². The number of halogens is 3. The van der Waals surface area contributed by atoms with Crippen molar-refractivity contribution in [1.82, 2.24) is 9.88 Å². The highest BCUT2D eigenvalue weighted by atomic mass is 19.4. The van der Waals surface area contributed by atoms with Crippen molar-refractivity contribution in [2.24, 2.45) is 11.7 Å². The van der Waals surface area contributed by atoms with E-state index < -0.39 is 12.1 Å². The molecule has 3 nitrogen and oxygen atoms in total. The molecule has 2 rings (SSSR count). The van der Waals surface area contributed by atoms with Crippen LogP contribution in [0.5, 0.6) is 0 Å². The number of aromatic nitrogens is 1. The van der Waals surface area contributed by atoms with Gasteiger partial charge < -0.3 is 5.73 Å². The first-order valence-electron chi connectivity index (χ1n) is 6.87. The molecule has 0 radical (unpaired) electrons. The summed E-state index contributed by atoms with van der Waals surface area (Å²) in [5.74, 6) is -1.26. The summed E-state index contributed by atoms with van der Waals surface area (Å²) >= 11 is 0. The Bertz CT molecular complexity index is 419. The number of nitrogens with zero attached hydrogens (tertiary/aromatic N) is 2. The van der Waals surface area contributed by atoms with Gasteiger partial charge in [-0.2, -0.15) is 13.2 Å². The van der Waals surface area contributed by atoms with Gasteiger partial charge in [-0.05, 0) is 38.4 Å². The first-order valence-corrected chi connectivity index (χ1v) is 6.87. The van der Waals surface area contributed by atoms with Crippen LogP contribution in [0.2, 0.25) is 0 Å². The standard InChI is InChI=1S/C14H20F3N3/c1-10(18)13(12-6-2-3-7-19-12)20-8-4-5-11(9-20)14(15,16)17/h2-3,6-7,10-11,13H,4-5,8-9,18H2,1H3. The zero-order valence-electron chi connectivity index (χ0n) is 11.5. The number of hydrogen-bond donors (Lipinski definition) is 1. The fourth-order valence-corrected chi connectivity index (χ4v) is 2.87. The smallest absolute Gasteiger partial charge is 0.326 e. The molecule has 0 amide bonds. The number of pyridine rings is 1. The Morgan fingerprint density at radius 3 is 2.70 bits per heavy atom. The molecule has 2 heterocycles. The van der Waals surface area contributed by atoms with E-state index >= 15 is 0 Å². The third-order valence-electron chi connectivity index (χ3n) is 3.80. The maximum Gasteiger partial charge on any atom is 0.393 e. The molecule has 3 unspecified atom stereocenters. The fourth-order valence-electron chi connectivity index (χ4n) is 2.87. The summed E-state index contributed by atoms with van der Waals surface area (Å²) in [5.41, 5.74) is 6.73. The number of rotatable bonds is 3. The quantitative estimate of drug-likeness (QED) is 0.929. The second-order valence-electron chi connectivity index (χ2n) is 5.43. The van der Waals surface area contributed by atoms with E-state index in [1.165, 1.54) is 0 Å². The van der Waals surface area contributed by atoms with E-state index in [1.807, 2.05) is 24.0 Å². The predicted octanol–water partition coefficient (Wildman–Crippen LogP) is 2.74. The normalized spacial score (nSPS) is 24.4. The maximum atomic E-state index is 12.9. The Hall–Kier alpha value is -1.14. The monoisotopic (exact) mass is 287 g/mol. The summed E-state index contributed by atoms with van der Waals surface area (Å²) in [6.45, 7) is 2.46. The Morgan fingerprint density at radius 2 is 2.15 bits per heavy atom. The molecule has 6 heteroatoms. The van der Waals surface area contributed by atoms with Gasteiger partial charge >= 0.3 is 6.18 Å². The van der Waals surface area contributed by atoms with E-state index in [2.05, 4.69) is 4.98 Å². The lowest BCUT2D eigenvalue weighted by Crippen LogP contribution is -2.47. The number of hydrogen-bond acceptors (Lipinski definition) is 3. The summed E-state index contributed by atoms with van der Waals surface area (Å²) in [6, 6.07) is 4.92. The highest BCUT2D eigenvalue weighted by Crippen LogP contribution is 2.36. The van der Waals surface area contributed by atoms with Crippen molar-refractivity contribution in [2.45, 2.75) is 38.0 Å². The highest BCUT2D eigenvalue weighted by molar-refractivity contribution is 5.11. The second-order valence-corrected chi connectivity index (χ2v) is 5.43. The van der Waals surface area contributed by atoms with Gasteiger partial charge in [-0.15, -0.1) is 0 Å². The third kappa shape index (κ3) is 3.49. The van der Waals surface area contributed by atoms with Crippen molar-refractivity contribution < 1.29 is 13.2 Å². The van der Waals surface area contributed by atoms with Crippen LogP contribution in [0.25, 0.3) is 0 Å².